The number of ether oxygens (including phenoxy) is 2. The van der Waals surface area contributed by atoms with E-state index in [1.165, 1.54) is 14.2 Å². The standard InChI is InChI=1S/C6H13NO4/c1-5(4-7(8)9)6(10-2)11-3/h5-6H,4H2,1-3H3/t5-/m0/s1. The summed E-state index contributed by atoms with van der Waals surface area (Å²) >= 11 is 0. The third kappa shape index (κ3) is 3.90. The largest absolute Gasteiger partial charge is 0.355 e. The molecule has 0 spiro atoms. The zero-order valence-electron chi connectivity index (χ0n) is 6.94. The summed E-state index contributed by atoms with van der Waals surface area (Å²) in [5, 5.41) is 10.0. The molecule has 66 valence electrons. The summed E-state index contributed by atoms with van der Waals surface area (Å²) in [5.74, 6) is -0.222. The van der Waals surface area contributed by atoms with Crippen molar-refractivity contribution in [3.8, 4) is 0 Å². The minimum absolute atomic E-state index is 0.133. The van der Waals surface area contributed by atoms with Crippen LogP contribution in [0.15, 0.2) is 0 Å². The molecule has 0 fully saturated rings. The molecule has 0 unspecified atom stereocenters. The second kappa shape index (κ2) is 5.03. The zero-order chi connectivity index (χ0) is 8.85. The van der Waals surface area contributed by atoms with Gasteiger partial charge in [-0.05, 0) is 0 Å². The van der Waals surface area contributed by atoms with Gasteiger partial charge in [-0.15, -0.1) is 0 Å². The SMILES string of the molecule is COC(OC)[C@@H](C)C[N+](=O)[O-]. The van der Waals surface area contributed by atoms with Crippen LogP contribution >= 0.6 is 0 Å². The number of methoxy groups -OCH3 is 2. The Labute approximate surface area is 65.4 Å². The van der Waals surface area contributed by atoms with E-state index in [1.807, 2.05) is 0 Å². The first-order valence-corrected chi connectivity index (χ1v) is 3.29. The smallest absolute Gasteiger partial charge is 0.211 e. The molecule has 0 aromatic carbocycles. The van der Waals surface area contributed by atoms with Crippen LogP contribution in [0, 0.1) is 16.0 Å². The number of hydrogen-bond donors (Lipinski definition) is 0. The van der Waals surface area contributed by atoms with E-state index in [-0.39, 0.29) is 17.4 Å². The molecule has 0 bridgehead atoms. The second-order valence-electron chi connectivity index (χ2n) is 2.33. The molecule has 0 rings (SSSR count). The highest BCUT2D eigenvalue weighted by molar-refractivity contribution is 4.53. The number of hydrogen-bond acceptors (Lipinski definition) is 4. The van der Waals surface area contributed by atoms with Crippen molar-refractivity contribution in [3.63, 3.8) is 0 Å². The van der Waals surface area contributed by atoms with Gasteiger partial charge in [0.05, 0.1) is 5.92 Å². The highest BCUT2D eigenvalue weighted by atomic mass is 16.7. The monoisotopic (exact) mass is 163 g/mol. The summed E-state index contributed by atoms with van der Waals surface area (Å²) in [6.07, 6.45) is -0.486. The van der Waals surface area contributed by atoms with Crippen LogP contribution in [-0.2, 0) is 9.47 Å². The van der Waals surface area contributed by atoms with Gasteiger partial charge in [0, 0.05) is 19.1 Å². The van der Waals surface area contributed by atoms with Crippen LogP contribution < -0.4 is 0 Å². The van der Waals surface area contributed by atoms with Crippen molar-refractivity contribution >= 4 is 0 Å². The van der Waals surface area contributed by atoms with E-state index in [1.54, 1.807) is 6.92 Å². The molecule has 5 nitrogen and oxygen atoms in total. The minimum Gasteiger partial charge on any atom is -0.355 e. The first-order chi connectivity index (χ1) is 5.11. The van der Waals surface area contributed by atoms with Gasteiger partial charge in [-0.3, -0.25) is 10.1 Å². The van der Waals surface area contributed by atoms with E-state index in [4.69, 9.17) is 9.47 Å². The molecule has 5 heteroatoms. The average molecular weight is 163 g/mol. The molecular formula is C6H13NO4. The summed E-state index contributed by atoms with van der Waals surface area (Å²) in [5.41, 5.74) is 0. The summed E-state index contributed by atoms with van der Waals surface area (Å²) in [4.78, 5) is 9.66. The van der Waals surface area contributed by atoms with Gasteiger partial charge in [0.15, 0.2) is 6.29 Å². The lowest BCUT2D eigenvalue weighted by molar-refractivity contribution is -0.492. The fraction of sp³-hybridized carbons (Fsp3) is 1.00. The van der Waals surface area contributed by atoms with Gasteiger partial charge in [-0.1, -0.05) is 6.92 Å². The van der Waals surface area contributed by atoms with E-state index < -0.39 is 6.29 Å². The Morgan fingerprint density at radius 1 is 1.45 bits per heavy atom. The van der Waals surface area contributed by atoms with Crippen LogP contribution in [0.3, 0.4) is 0 Å². The lowest BCUT2D eigenvalue weighted by atomic mass is 10.2. The van der Waals surface area contributed by atoms with E-state index >= 15 is 0 Å². The molecule has 0 aromatic rings. The Morgan fingerprint density at radius 2 is 1.91 bits per heavy atom. The van der Waals surface area contributed by atoms with Gasteiger partial charge in [-0.25, -0.2) is 0 Å². The minimum atomic E-state index is -0.486. The molecule has 0 aliphatic heterocycles. The third-order valence-electron chi connectivity index (χ3n) is 1.37. The van der Waals surface area contributed by atoms with Crippen molar-refractivity contribution in [3.05, 3.63) is 10.1 Å². The Morgan fingerprint density at radius 3 is 2.18 bits per heavy atom. The second-order valence-corrected chi connectivity index (χ2v) is 2.33. The van der Waals surface area contributed by atoms with E-state index in [2.05, 4.69) is 0 Å². The highest BCUT2D eigenvalue weighted by Gasteiger charge is 2.20. The molecule has 11 heavy (non-hydrogen) atoms. The normalized spacial score (nSPS) is 13.5. The number of nitrogens with zero attached hydrogens (tertiary/aromatic N) is 1. The molecule has 1 atom stereocenters. The Balaban J connectivity index is 3.78. The van der Waals surface area contributed by atoms with Crippen molar-refractivity contribution in [2.45, 2.75) is 13.2 Å². The van der Waals surface area contributed by atoms with Crippen molar-refractivity contribution < 1.29 is 14.4 Å². The molecule has 0 aromatic heterocycles. The highest BCUT2D eigenvalue weighted by Crippen LogP contribution is 2.06. The van der Waals surface area contributed by atoms with Crippen molar-refractivity contribution in [2.75, 3.05) is 20.8 Å². The average Bonchev–Trinajstić information content (AvgIpc) is 1.88. The summed E-state index contributed by atoms with van der Waals surface area (Å²) in [6.45, 7) is 1.58. The maximum Gasteiger partial charge on any atom is 0.211 e. The van der Waals surface area contributed by atoms with Gasteiger partial charge in [0.2, 0.25) is 6.54 Å². The van der Waals surface area contributed by atoms with E-state index in [9.17, 15) is 10.1 Å². The van der Waals surface area contributed by atoms with Gasteiger partial charge in [0.25, 0.3) is 0 Å². The molecule has 0 amide bonds. The van der Waals surface area contributed by atoms with E-state index in [0.717, 1.165) is 0 Å². The summed E-state index contributed by atoms with van der Waals surface area (Å²) in [6, 6.07) is 0. The quantitative estimate of drug-likeness (QED) is 0.336. The zero-order valence-corrected chi connectivity index (χ0v) is 6.94. The maximum atomic E-state index is 10.0. The van der Waals surface area contributed by atoms with Crippen molar-refractivity contribution in [1.82, 2.24) is 0 Å². The number of rotatable bonds is 5. The maximum absolute atomic E-state index is 10.0. The van der Waals surface area contributed by atoms with E-state index in [0.29, 0.717) is 0 Å². The Bertz CT molecular complexity index is 124. The predicted octanol–water partition coefficient (Wildman–Crippen LogP) is 0.518. The van der Waals surface area contributed by atoms with Crippen LogP contribution in [0.5, 0.6) is 0 Å². The Hall–Kier alpha value is -0.680. The number of nitro groups is 1. The van der Waals surface area contributed by atoms with Gasteiger partial charge >= 0.3 is 0 Å². The van der Waals surface area contributed by atoms with Crippen LogP contribution in [0.25, 0.3) is 0 Å². The lowest BCUT2D eigenvalue weighted by Crippen LogP contribution is -2.28. The third-order valence-corrected chi connectivity index (χ3v) is 1.37. The topological polar surface area (TPSA) is 61.6 Å². The lowest BCUT2D eigenvalue weighted by Gasteiger charge is -2.17. The van der Waals surface area contributed by atoms with Crippen LogP contribution in [-0.4, -0.2) is 32.0 Å². The predicted molar refractivity (Wildman–Crippen MR) is 38.8 cm³/mol. The molecule has 0 N–H and O–H groups in total. The van der Waals surface area contributed by atoms with Crippen LogP contribution in [0.1, 0.15) is 6.92 Å². The molecule has 0 aliphatic rings. The van der Waals surface area contributed by atoms with Crippen LogP contribution in [0.2, 0.25) is 0 Å². The molecule has 0 aliphatic carbocycles. The van der Waals surface area contributed by atoms with Gasteiger partial charge < -0.3 is 9.47 Å². The van der Waals surface area contributed by atoms with Crippen LogP contribution in [0.4, 0.5) is 0 Å². The molecule has 0 saturated carbocycles. The van der Waals surface area contributed by atoms with Crippen molar-refractivity contribution in [1.29, 1.82) is 0 Å². The van der Waals surface area contributed by atoms with Gasteiger partial charge in [-0.2, -0.15) is 0 Å². The first-order valence-electron chi connectivity index (χ1n) is 3.29. The fourth-order valence-electron chi connectivity index (χ4n) is 0.882. The van der Waals surface area contributed by atoms with Gasteiger partial charge in [0.1, 0.15) is 0 Å². The molecule has 0 radical (unpaired) electrons. The molecule has 0 saturated heterocycles. The molecule has 0 heterocycles. The molecular weight excluding hydrogens is 150 g/mol. The first kappa shape index (κ1) is 10.3. The fourth-order valence-corrected chi connectivity index (χ4v) is 0.882. The van der Waals surface area contributed by atoms with Crippen molar-refractivity contribution in [2.24, 2.45) is 5.92 Å². The Kier molecular flexibility index (Phi) is 4.72. The summed E-state index contributed by atoms with van der Waals surface area (Å²) < 4.78 is 9.67. The summed E-state index contributed by atoms with van der Waals surface area (Å²) in [7, 11) is 2.93.